The number of aromatic nitrogens is 4. The Kier molecular flexibility index (Phi) is 6.77. The van der Waals surface area contributed by atoms with Crippen molar-refractivity contribution in [3.05, 3.63) is 35.4 Å². The summed E-state index contributed by atoms with van der Waals surface area (Å²) in [6, 6.07) is 1.75. The molecule has 1 N–H and O–H groups in total. The first-order valence-corrected chi connectivity index (χ1v) is 6.62. The van der Waals surface area contributed by atoms with E-state index in [-0.39, 0.29) is 19.0 Å². The predicted octanol–water partition coefficient (Wildman–Crippen LogP) is 2.38. The molecule has 8 heteroatoms. The van der Waals surface area contributed by atoms with Gasteiger partial charge in [-0.3, -0.25) is 9.36 Å². The SMILES string of the molecule is CCn1cc(CNCc2ccn(CC(F)F)n2)c(C)n1.Cl. The summed E-state index contributed by atoms with van der Waals surface area (Å²) in [5, 5.41) is 11.7. The molecule has 0 bridgehead atoms. The molecule has 0 aliphatic carbocycles. The molecule has 0 atom stereocenters. The lowest BCUT2D eigenvalue weighted by Crippen LogP contribution is -2.14. The van der Waals surface area contributed by atoms with Crippen molar-refractivity contribution in [3.8, 4) is 0 Å². The van der Waals surface area contributed by atoms with Crippen molar-refractivity contribution in [2.75, 3.05) is 0 Å². The minimum absolute atomic E-state index is 0. The summed E-state index contributed by atoms with van der Waals surface area (Å²) in [6.07, 6.45) is 1.21. The van der Waals surface area contributed by atoms with Gasteiger partial charge in [0.15, 0.2) is 0 Å². The van der Waals surface area contributed by atoms with Gasteiger partial charge >= 0.3 is 0 Å². The molecule has 0 fully saturated rings. The van der Waals surface area contributed by atoms with E-state index in [1.165, 1.54) is 4.68 Å². The largest absolute Gasteiger partial charge is 0.307 e. The fourth-order valence-corrected chi connectivity index (χ4v) is 1.96. The molecule has 0 aromatic carbocycles. The highest BCUT2D eigenvalue weighted by Crippen LogP contribution is 2.06. The van der Waals surface area contributed by atoms with Crippen LogP contribution in [0.4, 0.5) is 8.78 Å². The van der Waals surface area contributed by atoms with Crippen LogP contribution in [0.1, 0.15) is 23.9 Å². The van der Waals surface area contributed by atoms with Crippen LogP contribution in [0, 0.1) is 6.92 Å². The highest BCUT2D eigenvalue weighted by molar-refractivity contribution is 5.85. The Hall–Kier alpha value is -1.47. The third-order valence-corrected chi connectivity index (χ3v) is 3.01. The van der Waals surface area contributed by atoms with E-state index in [0.717, 1.165) is 23.5 Å². The Morgan fingerprint density at radius 1 is 1.24 bits per heavy atom. The van der Waals surface area contributed by atoms with Crippen LogP contribution in [-0.2, 0) is 26.2 Å². The predicted molar refractivity (Wildman–Crippen MR) is 78.7 cm³/mol. The van der Waals surface area contributed by atoms with E-state index in [9.17, 15) is 8.78 Å². The lowest BCUT2D eigenvalue weighted by atomic mass is 10.2. The molecule has 21 heavy (non-hydrogen) atoms. The van der Waals surface area contributed by atoms with Gasteiger partial charge in [0.05, 0.1) is 11.4 Å². The smallest absolute Gasteiger partial charge is 0.257 e. The van der Waals surface area contributed by atoms with Gasteiger partial charge in [0.2, 0.25) is 0 Å². The van der Waals surface area contributed by atoms with Crippen LogP contribution in [-0.4, -0.2) is 26.0 Å². The lowest BCUT2D eigenvalue weighted by molar-refractivity contribution is 0.121. The third kappa shape index (κ3) is 5.09. The van der Waals surface area contributed by atoms with Gasteiger partial charge in [-0.2, -0.15) is 10.2 Å². The van der Waals surface area contributed by atoms with Crippen molar-refractivity contribution in [2.45, 2.75) is 46.5 Å². The number of hydrogen-bond donors (Lipinski definition) is 1. The summed E-state index contributed by atoms with van der Waals surface area (Å²) in [7, 11) is 0. The number of nitrogens with zero attached hydrogens (tertiary/aromatic N) is 4. The zero-order valence-corrected chi connectivity index (χ0v) is 12.9. The Labute approximate surface area is 128 Å². The zero-order chi connectivity index (χ0) is 14.5. The molecule has 2 aromatic heterocycles. The topological polar surface area (TPSA) is 47.7 Å². The molecule has 0 amide bonds. The molecular weight excluding hydrogens is 300 g/mol. The zero-order valence-electron chi connectivity index (χ0n) is 12.1. The van der Waals surface area contributed by atoms with E-state index >= 15 is 0 Å². The van der Waals surface area contributed by atoms with Crippen LogP contribution in [0.15, 0.2) is 18.5 Å². The molecule has 0 aliphatic rings. The van der Waals surface area contributed by atoms with Crippen LogP contribution in [0.3, 0.4) is 0 Å². The van der Waals surface area contributed by atoms with Crippen LogP contribution in [0.25, 0.3) is 0 Å². The summed E-state index contributed by atoms with van der Waals surface area (Å²) >= 11 is 0. The van der Waals surface area contributed by atoms with E-state index in [2.05, 4.69) is 15.5 Å². The van der Waals surface area contributed by atoms with Crippen molar-refractivity contribution in [3.63, 3.8) is 0 Å². The van der Waals surface area contributed by atoms with Gasteiger partial charge in [-0.15, -0.1) is 12.4 Å². The maximum atomic E-state index is 12.2. The number of rotatable bonds is 7. The molecule has 118 valence electrons. The minimum atomic E-state index is -2.38. The van der Waals surface area contributed by atoms with Crippen LogP contribution in [0.2, 0.25) is 0 Å². The normalized spacial score (nSPS) is 10.9. The average molecular weight is 320 g/mol. The summed E-state index contributed by atoms with van der Waals surface area (Å²) in [6.45, 7) is 5.74. The van der Waals surface area contributed by atoms with Crippen molar-refractivity contribution in [2.24, 2.45) is 0 Å². The molecular formula is C13H20ClF2N5. The molecule has 0 aliphatic heterocycles. The molecule has 2 aromatic rings. The Balaban J connectivity index is 0.00000220. The molecule has 0 saturated heterocycles. The van der Waals surface area contributed by atoms with Gasteiger partial charge in [-0.05, 0) is 19.9 Å². The number of halogens is 3. The molecule has 0 radical (unpaired) electrons. The van der Waals surface area contributed by atoms with Gasteiger partial charge in [-0.25, -0.2) is 8.78 Å². The number of alkyl halides is 2. The molecule has 0 saturated carbocycles. The van der Waals surface area contributed by atoms with Gasteiger partial charge in [0.1, 0.15) is 6.54 Å². The molecule has 0 unspecified atom stereocenters. The second-order valence-corrected chi connectivity index (χ2v) is 4.62. The van der Waals surface area contributed by atoms with Crippen molar-refractivity contribution in [1.82, 2.24) is 24.9 Å². The highest BCUT2D eigenvalue weighted by Gasteiger charge is 2.07. The van der Waals surface area contributed by atoms with E-state index in [4.69, 9.17) is 0 Å². The summed E-state index contributed by atoms with van der Waals surface area (Å²) in [5.41, 5.74) is 2.90. The van der Waals surface area contributed by atoms with Gasteiger partial charge in [-0.1, -0.05) is 0 Å². The first-order valence-electron chi connectivity index (χ1n) is 6.62. The first-order chi connectivity index (χ1) is 9.58. The van der Waals surface area contributed by atoms with Crippen molar-refractivity contribution < 1.29 is 8.78 Å². The van der Waals surface area contributed by atoms with Crippen LogP contribution < -0.4 is 5.32 Å². The Morgan fingerprint density at radius 2 is 2.00 bits per heavy atom. The summed E-state index contributed by atoms with van der Waals surface area (Å²) in [4.78, 5) is 0. The van der Waals surface area contributed by atoms with Crippen LogP contribution >= 0.6 is 12.4 Å². The Bertz CT molecular complexity index is 553. The summed E-state index contributed by atoms with van der Waals surface area (Å²) in [5.74, 6) is 0. The second kappa shape index (κ2) is 8.09. The fraction of sp³-hybridized carbons (Fsp3) is 0.538. The van der Waals surface area contributed by atoms with E-state index in [1.54, 1.807) is 12.3 Å². The molecule has 5 nitrogen and oxygen atoms in total. The Morgan fingerprint density at radius 3 is 2.62 bits per heavy atom. The van der Waals surface area contributed by atoms with Crippen molar-refractivity contribution in [1.29, 1.82) is 0 Å². The minimum Gasteiger partial charge on any atom is -0.307 e. The first kappa shape index (κ1) is 17.6. The van der Waals surface area contributed by atoms with E-state index in [0.29, 0.717) is 13.1 Å². The van der Waals surface area contributed by atoms with E-state index in [1.807, 2.05) is 24.7 Å². The second-order valence-electron chi connectivity index (χ2n) is 4.62. The molecule has 2 rings (SSSR count). The summed E-state index contributed by atoms with van der Waals surface area (Å²) < 4.78 is 27.6. The lowest BCUT2D eigenvalue weighted by Gasteiger charge is -2.02. The van der Waals surface area contributed by atoms with Gasteiger partial charge < -0.3 is 5.32 Å². The number of hydrogen-bond acceptors (Lipinski definition) is 3. The standard InChI is InChI=1S/C13H19F2N5.ClH/c1-3-19-8-11(10(2)17-19)6-16-7-12-4-5-20(18-12)9-13(14)15;/h4-5,8,13,16H,3,6-7,9H2,1-2H3;1H. The quantitative estimate of drug-likeness (QED) is 0.852. The maximum absolute atomic E-state index is 12.2. The molecule has 0 spiro atoms. The molecule has 2 heterocycles. The number of nitrogens with one attached hydrogen (secondary N) is 1. The maximum Gasteiger partial charge on any atom is 0.257 e. The third-order valence-electron chi connectivity index (χ3n) is 3.01. The fourth-order valence-electron chi connectivity index (χ4n) is 1.96. The van der Waals surface area contributed by atoms with Gasteiger partial charge in [0.25, 0.3) is 6.43 Å². The van der Waals surface area contributed by atoms with E-state index < -0.39 is 6.43 Å². The van der Waals surface area contributed by atoms with Crippen molar-refractivity contribution >= 4 is 12.4 Å². The van der Waals surface area contributed by atoms with Gasteiger partial charge in [0, 0.05) is 37.6 Å². The van der Waals surface area contributed by atoms with Crippen LogP contribution in [0.5, 0.6) is 0 Å². The average Bonchev–Trinajstić information content (AvgIpc) is 2.96. The highest BCUT2D eigenvalue weighted by atomic mass is 35.5. The number of aryl methyl sites for hydroxylation is 2. The monoisotopic (exact) mass is 319 g/mol.